The molecule has 0 amide bonds. The number of H-pyrrole nitrogens is 1. The third-order valence-electron chi connectivity index (χ3n) is 5.45. The lowest BCUT2D eigenvalue weighted by atomic mass is 10.0. The van der Waals surface area contributed by atoms with Crippen molar-refractivity contribution in [3.63, 3.8) is 0 Å². The number of nitrogens with zero attached hydrogens (tertiary/aromatic N) is 2. The van der Waals surface area contributed by atoms with Gasteiger partial charge in [0, 0.05) is 56.4 Å². The van der Waals surface area contributed by atoms with E-state index >= 15 is 0 Å². The first kappa shape index (κ1) is 21.6. The number of morpholine rings is 1. The minimum atomic E-state index is -0.218. The predicted octanol–water partition coefficient (Wildman–Crippen LogP) is 2.76. The fourth-order valence-electron chi connectivity index (χ4n) is 3.96. The van der Waals surface area contributed by atoms with E-state index in [1.54, 1.807) is 7.05 Å². The Bertz CT molecular complexity index is 798. The Hall–Kier alpha value is -2.12. The highest BCUT2D eigenvalue weighted by molar-refractivity contribution is 5.83. The normalized spacial score (nSPS) is 17.1. The molecule has 2 aromatic rings. The maximum atomic E-state index is 13.3. The summed E-state index contributed by atoms with van der Waals surface area (Å²) in [6, 6.07) is 5.35. The summed E-state index contributed by atoms with van der Waals surface area (Å²) in [5, 5.41) is 7.97. The summed E-state index contributed by atoms with van der Waals surface area (Å²) in [7, 11) is 1.80. The molecule has 0 bridgehead atoms. The highest BCUT2D eigenvalue weighted by atomic mass is 19.1. The highest BCUT2D eigenvalue weighted by Gasteiger charge is 2.22. The van der Waals surface area contributed by atoms with Gasteiger partial charge in [0.1, 0.15) is 5.82 Å². The van der Waals surface area contributed by atoms with E-state index in [0.717, 1.165) is 69.1 Å². The van der Waals surface area contributed by atoms with Crippen LogP contribution in [0.3, 0.4) is 0 Å². The van der Waals surface area contributed by atoms with E-state index in [1.807, 2.05) is 12.3 Å². The molecule has 0 radical (unpaired) electrons. The molecule has 1 aliphatic heterocycles. The van der Waals surface area contributed by atoms with E-state index in [0.29, 0.717) is 12.0 Å². The first-order valence-electron chi connectivity index (χ1n) is 10.6. The number of fused-ring (bicyclic) bond motifs is 1. The molecule has 0 saturated carbocycles. The topological polar surface area (TPSA) is 64.7 Å². The summed E-state index contributed by atoms with van der Waals surface area (Å²) in [5.41, 5.74) is 2.01. The number of aromatic nitrogens is 1. The zero-order valence-electron chi connectivity index (χ0n) is 17.8. The lowest BCUT2D eigenvalue weighted by molar-refractivity contribution is 0.0132. The van der Waals surface area contributed by atoms with Crippen LogP contribution in [0.25, 0.3) is 10.9 Å². The molecular weight excluding hydrogens is 369 g/mol. The van der Waals surface area contributed by atoms with Crippen LogP contribution in [0.5, 0.6) is 0 Å². The Morgan fingerprint density at radius 3 is 2.79 bits per heavy atom. The minimum Gasteiger partial charge on any atom is -0.379 e. The van der Waals surface area contributed by atoms with Crippen molar-refractivity contribution >= 4 is 16.9 Å². The predicted molar refractivity (Wildman–Crippen MR) is 117 cm³/mol. The maximum absolute atomic E-state index is 13.3. The van der Waals surface area contributed by atoms with Gasteiger partial charge in [-0.25, -0.2) is 4.39 Å². The van der Waals surface area contributed by atoms with Crippen molar-refractivity contribution < 1.29 is 9.13 Å². The van der Waals surface area contributed by atoms with Crippen molar-refractivity contribution in [3.05, 3.63) is 35.8 Å². The van der Waals surface area contributed by atoms with E-state index in [2.05, 4.69) is 39.4 Å². The minimum absolute atomic E-state index is 0.218. The zero-order valence-corrected chi connectivity index (χ0v) is 17.8. The third kappa shape index (κ3) is 6.18. The van der Waals surface area contributed by atoms with Gasteiger partial charge in [-0.05, 0) is 42.5 Å². The van der Waals surface area contributed by atoms with E-state index in [1.165, 1.54) is 17.7 Å². The monoisotopic (exact) mass is 403 g/mol. The number of guanidine groups is 1. The zero-order chi connectivity index (χ0) is 20.6. The van der Waals surface area contributed by atoms with Gasteiger partial charge in [0.25, 0.3) is 0 Å². The maximum Gasteiger partial charge on any atom is 0.191 e. The summed E-state index contributed by atoms with van der Waals surface area (Å²) in [5.74, 6) is 1.24. The van der Waals surface area contributed by atoms with Crippen LogP contribution in [-0.4, -0.2) is 68.3 Å². The lowest BCUT2D eigenvalue weighted by Gasteiger charge is -2.35. The smallest absolute Gasteiger partial charge is 0.191 e. The summed E-state index contributed by atoms with van der Waals surface area (Å²) in [4.78, 5) is 10.0. The number of rotatable bonds is 8. The van der Waals surface area contributed by atoms with Gasteiger partial charge in [-0.2, -0.15) is 0 Å². The van der Waals surface area contributed by atoms with Gasteiger partial charge in [-0.15, -0.1) is 0 Å². The Kier molecular flexibility index (Phi) is 7.89. The molecule has 6 nitrogen and oxygen atoms in total. The second-order valence-electron chi connectivity index (χ2n) is 8.07. The summed E-state index contributed by atoms with van der Waals surface area (Å²) in [6.45, 7) is 9.78. The molecule has 1 fully saturated rings. The van der Waals surface area contributed by atoms with Crippen LogP contribution in [0.15, 0.2) is 29.4 Å². The van der Waals surface area contributed by atoms with Crippen LogP contribution in [0.4, 0.5) is 4.39 Å². The molecule has 1 aromatic carbocycles. The van der Waals surface area contributed by atoms with Crippen molar-refractivity contribution in [2.24, 2.45) is 10.9 Å². The highest BCUT2D eigenvalue weighted by Crippen LogP contribution is 2.19. The van der Waals surface area contributed by atoms with Gasteiger partial charge < -0.3 is 20.4 Å². The average Bonchev–Trinajstić information content (AvgIpc) is 3.11. The number of ether oxygens (including phenoxy) is 1. The molecule has 160 valence electrons. The number of hydrogen-bond donors (Lipinski definition) is 3. The number of aliphatic imine (C=N–C) groups is 1. The van der Waals surface area contributed by atoms with Crippen LogP contribution >= 0.6 is 0 Å². The first-order valence-corrected chi connectivity index (χ1v) is 10.6. The summed E-state index contributed by atoms with van der Waals surface area (Å²) < 4.78 is 18.9. The van der Waals surface area contributed by atoms with E-state index in [-0.39, 0.29) is 5.82 Å². The molecule has 2 heterocycles. The molecule has 1 atom stereocenters. The van der Waals surface area contributed by atoms with Gasteiger partial charge in [0.05, 0.1) is 13.2 Å². The van der Waals surface area contributed by atoms with Crippen LogP contribution in [-0.2, 0) is 11.2 Å². The quantitative estimate of drug-likeness (QED) is 0.468. The fourth-order valence-corrected chi connectivity index (χ4v) is 3.96. The third-order valence-corrected chi connectivity index (χ3v) is 5.45. The van der Waals surface area contributed by atoms with E-state index in [4.69, 9.17) is 4.74 Å². The Labute approximate surface area is 172 Å². The van der Waals surface area contributed by atoms with Gasteiger partial charge >= 0.3 is 0 Å². The molecule has 1 aromatic heterocycles. The standard InChI is InChI=1S/C22H34FN5O/c1-16(2)12-19(28-8-10-29-11-9-28)15-27-22(24-3)25-7-6-17-14-26-21-13-18(23)4-5-20(17)21/h4-5,13-14,16,19,26H,6-12,15H2,1-3H3,(H2,24,25,27). The number of benzene rings is 1. The molecule has 1 unspecified atom stereocenters. The SMILES string of the molecule is CN=C(NCCc1c[nH]c2cc(F)ccc12)NCC(CC(C)C)N1CCOCC1. The average molecular weight is 404 g/mol. The largest absolute Gasteiger partial charge is 0.379 e. The van der Waals surface area contributed by atoms with Crippen molar-refractivity contribution in [2.75, 3.05) is 46.4 Å². The van der Waals surface area contributed by atoms with Crippen molar-refractivity contribution in [2.45, 2.75) is 32.7 Å². The fraction of sp³-hybridized carbons (Fsp3) is 0.591. The summed E-state index contributed by atoms with van der Waals surface area (Å²) in [6.07, 6.45) is 3.94. The Balaban J connectivity index is 1.50. The molecule has 0 aliphatic carbocycles. The van der Waals surface area contributed by atoms with Gasteiger partial charge in [0.2, 0.25) is 0 Å². The Morgan fingerprint density at radius 2 is 2.07 bits per heavy atom. The summed E-state index contributed by atoms with van der Waals surface area (Å²) >= 11 is 0. The molecule has 0 spiro atoms. The number of aromatic amines is 1. The molecule has 3 N–H and O–H groups in total. The van der Waals surface area contributed by atoms with E-state index in [9.17, 15) is 4.39 Å². The molecule has 1 aliphatic rings. The van der Waals surface area contributed by atoms with Crippen LogP contribution in [0.2, 0.25) is 0 Å². The van der Waals surface area contributed by atoms with Gasteiger partial charge in [-0.1, -0.05) is 13.8 Å². The number of nitrogens with one attached hydrogen (secondary N) is 3. The van der Waals surface area contributed by atoms with Crippen molar-refractivity contribution in [1.82, 2.24) is 20.5 Å². The lowest BCUT2D eigenvalue weighted by Crippen LogP contribution is -2.51. The van der Waals surface area contributed by atoms with E-state index < -0.39 is 0 Å². The second-order valence-corrected chi connectivity index (χ2v) is 8.07. The van der Waals surface area contributed by atoms with Crippen molar-refractivity contribution in [3.8, 4) is 0 Å². The molecule has 3 rings (SSSR count). The van der Waals surface area contributed by atoms with Crippen LogP contribution in [0.1, 0.15) is 25.8 Å². The van der Waals surface area contributed by atoms with Gasteiger partial charge in [-0.3, -0.25) is 9.89 Å². The number of hydrogen-bond acceptors (Lipinski definition) is 3. The van der Waals surface area contributed by atoms with Gasteiger partial charge in [0.15, 0.2) is 5.96 Å². The first-order chi connectivity index (χ1) is 14.1. The Morgan fingerprint density at radius 1 is 1.28 bits per heavy atom. The second kappa shape index (κ2) is 10.6. The van der Waals surface area contributed by atoms with Crippen LogP contribution in [0, 0.1) is 11.7 Å². The van der Waals surface area contributed by atoms with Crippen LogP contribution < -0.4 is 10.6 Å². The number of halogens is 1. The molecule has 7 heteroatoms. The molecule has 29 heavy (non-hydrogen) atoms. The molecular formula is C22H34FN5O. The molecule has 1 saturated heterocycles. The van der Waals surface area contributed by atoms with Crippen molar-refractivity contribution in [1.29, 1.82) is 0 Å².